The van der Waals surface area contributed by atoms with Crippen molar-refractivity contribution in [3.8, 4) is 5.75 Å². The van der Waals surface area contributed by atoms with Crippen molar-refractivity contribution in [2.75, 3.05) is 11.9 Å². The van der Waals surface area contributed by atoms with Crippen LogP contribution in [0.25, 0.3) is 0 Å². The van der Waals surface area contributed by atoms with Gasteiger partial charge in [-0.2, -0.15) is 48.3 Å². The maximum atomic E-state index is 13.7. The molecule has 0 atom stereocenters. The Morgan fingerprint density at radius 1 is 0.935 bits per heavy atom. The van der Waals surface area contributed by atoms with Gasteiger partial charge in [0.25, 0.3) is 0 Å². The minimum atomic E-state index is -7.43. The standard InChI is InChI=1S/C16H12F11NO3/c1-2-7-30-12(29)28-8-5-3-4-6-9(8)31-11(18)10(17)13(19,20)14(21,22)15(23,24)16(25,26)27/h3-6H,2,7H2,1H3,(H,28,29). The Balaban J connectivity index is 3.26. The molecule has 1 rings (SSSR count). The molecule has 1 amide bonds. The molecule has 4 nitrogen and oxygen atoms in total. The van der Waals surface area contributed by atoms with Gasteiger partial charge in [-0.3, -0.25) is 5.32 Å². The summed E-state index contributed by atoms with van der Waals surface area (Å²) >= 11 is 0. The van der Waals surface area contributed by atoms with Gasteiger partial charge in [-0.15, -0.1) is 0 Å². The summed E-state index contributed by atoms with van der Waals surface area (Å²) in [4.78, 5) is 11.5. The lowest BCUT2D eigenvalue weighted by atomic mass is 10.0. The average Bonchev–Trinajstić information content (AvgIpc) is 2.65. The molecule has 0 saturated carbocycles. The number of amides is 1. The summed E-state index contributed by atoms with van der Waals surface area (Å²) in [6, 6.07) is 0.542. The van der Waals surface area contributed by atoms with Crippen LogP contribution in [0.2, 0.25) is 0 Å². The predicted octanol–water partition coefficient (Wildman–Crippen LogP) is 6.60. The largest absolute Gasteiger partial charge is 0.460 e. The fourth-order valence-electron chi connectivity index (χ4n) is 1.78. The molecular formula is C16H12F11NO3. The summed E-state index contributed by atoms with van der Waals surface area (Å²) in [5.41, 5.74) is -0.567. The zero-order valence-electron chi connectivity index (χ0n) is 15.1. The van der Waals surface area contributed by atoms with E-state index in [9.17, 15) is 53.1 Å². The van der Waals surface area contributed by atoms with Crippen molar-refractivity contribution in [2.45, 2.75) is 37.3 Å². The first-order chi connectivity index (χ1) is 14.0. The number of carbonyl (C=O) groups excluding carboxylic acids is 1. The predicted molar refractivity (Wildman–Crippen MR) is 82.5 cm³/mol. The first kappa shape index (κ1) is 26.3. The smallest absolute Gasteiger partial charge is 0.449 e. The molecule has 0 unspecified atom stereocenters. The monoisotopic (exact) mass is 475 g/mol. The van der Waals surface area contributed by atoms with E-state index >= 15 is 0 Å². The number of halogens is 11. The number of hydrogen-bond acceptors (Lipinski definition) is 3. The number of allylic oxidation sites excluding steroid dienone is 1. The normalized spacial score (nSPS) is 14.1. The summed E-state index contributed by atoms with van der Waals surface area (Å²) in [7, 11) is 0. The second kappa shape index (κ2) is 9.18. The van der Waals surface area contributed by atoms with E-state index in [1.54, 1.807) is 6.92 Å². The molecular weight excluding hydrogens is 463 g/mol. The lowest BCUT2D eigenvalue weighted by Gasteiger charge is -2.32. The Morgan fingerprint density at radius 3 is 2.00 bits per heavy atom. The molecule has 0 heterocycles. The number of hydrogen-bond donors (Lipinski definition) is 1. The molecule has 0 saturated heterocycles. The van der Waals surface area contributed by atoms with Crippen molar-refractivity contribution in [3.63, 3.8) is 0 Å². The van der Waals surface area contributed by atoms with E-state index in [1.165, 1.54) is 0 Å². The van der Waals surface area contributed by atoms with Crippen LogP contribution in [0.4, 0.5) is 58.8 Å². The van der Waals surface area contributed by atoms with Gasteiger partial charge < -0.3 is 9.47 Å². The molecule has 1 aromatic rings. The lowest BCUT2D eigenvalue weighted by molar-refractivity contribution is -0.392. The first-order valence-corrected chi connectivity index (χ1v) is 7.97. The molecule has 0 bridgehead atoms. The third kappa shape index (κ3) is 5.31. The van der Waals surface area contributed by atoms with E-state index in [-0.39, 0.29) is 6.61 Å². The van der Waals surface area contributed by atoms with Gasteiger partial charge in [-0.05, 0) is 18.6 Å². The molecule has 0 radical (unpaired) electrons. The molecule has 0 aliphatic carbocycles. The Labute approximate surface area is 166 Å². The summed E-state index contributed by atoms with van der Waals surface area (Å²) in [5, 5.41) is 1.90. The van der Waals surface area contributed by atoms with Gasteiger partial charge >= 0.3 is 36.1 Å². The molecule has 0 spiro atoms. The Hall–Kier alpha value is -2.74. The van der Waals surface area contributed by atoms with Crippen molar-refractivity contribution in [1.82, 2.24) is 0 Å². The van der Waals surface area contributed by atoms with E-state index < -0.39 is 53.3 Å². The Morgan fingerprint density at radius 2 is 1.48 bits per heavy atom. The van der Waals surface area contributed by atoms with Gasteiger partial charge in [-0.25, -0.2) is 4.79 Å². The zero-order chi connectivity index (χ0) is 24.3. The molecule has 1 N–H and O–H groups in total. The third-order valence-corrected chi connectivity index (χ3v) is 3.35. The van der Waals surface area contributed by atoms with Crippen molar-refractivity contribution < 1.29 is 62.6 Å². The van der Waals surface area contributed by atoms with Crippen LogP contribution in [0.5, 0.6) is 5.75 Å². The molecule has 0 aromatic heterocycles. The third-order valence-electron chi connectivity index (χ3n) is 3.35. The van der Waals surface area contributed by atoms with Gasteiger partial charge in [0.1, 0.15) is 0 Å². The number of rotatable bonds is 8. The van der Waals surface area contributed by atoms with E-state index in [4.69, 9.17) is 0 Å². The van der Waals surface area contributed by atoms with Crippen LogP contribution in [0, 0.1) is 0 Å². The highest BCUT2D eigenvalue weighted by atomic mass is 19.4. The number of anilines is 1. The van der Waals surface area contributed by atoms with Crippen LogP contribution in [-0.2, 0) is 4.74 Å². The number of benzene rings is 1. The molecule has 1 aromatic carbocycles. The van der Waals surface area contributed by atoms with Gasteiger partial charge in [0.05, 0.1) is 12.3 Å². The van der Waals surface area contributed by atoms with E-state index in [0.29, 0.717) is 12.5 Å². The second-order valence-corrected chi connectivity index (χ2v) is 5.67. The van der Waals surface area contributed by atoms with Crippen LogP contribution >= 0.6 is 0 Å². The SMILES string of the molecule is CCCOC(=O)Nc1ccccc1OC(F)=C(F)C(F)(F)C(F)(F)C(F)(F)C(F)(F)F. The summed E-state index contributed by atoms with van der Waals surface area (Å²) < 4.78 is 151. The van der Waals surface area contributed by atoms with Crippen LogP contribution in [-0.4, -0.2) is 36.6 Å². The minimum absolute atomic E-state index is 0.0908. The fourth-order valence-corrected chi connectivity index (χ4v) is 1.78. The Bertz CT molecular complexity index is 821. The quantitative estimate of drug-likeness (QED) is 0.341. The highest BCUT2D eigenvalue weighted by Gasteiger charge is 2.83. The number of nitrogens with one attached hydrogen (secondary N) is 1. The summed E-state index contributed by atoms with van der Waals surface area (Å²) in [6.45, 7) is 1.53. The van der Waals surface area contributed by atoms with Gasteiger partial charge in [0.2, 0.25) is 5.83 Å². The summed E-state index contributed by atoms with van der Waals surface area (Å²) in [6.07, 6.45) is -8.02. The molecule has 0 aliphatic rings. The molecule has 0 aliphatic heterocycles. The van der Waals surface area contributed by atoms with Crippen LogP contribution < -0.4 is 10.1 Å². The van der Waals surface area contributed by atoms with Crippen LogP contribution in [0.3, 0.4) is 0 Å². The number of carbonyl (C=O) groups is 1. The fraction of sp³-hybridized carbons (Fsp3) is 0.438. The molecule has 0 fully saturated rings. The van der Waals surface area contributed by atoms with Crippen molar-refractivity contribution >= 4 is 11.8 Å². The summed E-state index contributed by atoms with van der Waals surface area (Å²) in [5.74, 6) is -26.9. The number of para-hydroxylation sites is 2. The molecule has 176 valence electrons. The lowest BCUT2D eigenvalue weighted by Crippen LogP contribution is -2.61. The maximum absolute atomic E-state index is 13.7. The minimum Gasteiger partial charge on any atom is -0.449 e. The van der Waals surface area contributed by atoms with Gasteiger partial charge in [0, 0.05) is 0 Å². The highest BCUT2D eigenvalue weighted by Crippen LogP contribution is 2.55. The maximum Gasteiger partial charge on any atom is 0.460 e. The van der Waals surface area contributed by atoms with E-state index in [1.807, 2.05) is 5.32 Å². The zero-order valence-corrected chi connectivity index (χ0v) is 15.1. The molecule has 15 heteroatoms. The van der Waals surface area contributed by atoms with Gasteiger partial charge in [0.15, 0.2) is 5.75 Å². The average molecular weight is 475 g/mol. The van der Waals surface area contributed by atoms with Crippen LogP contribution in [0.15, 0.2) is 36.1 Å². The molecule has 31 heavy (non-hydrogen) atoms. The number of alkyl halides is 9. The first-order valence-electron chi connectivity index (χ1n) is 7.97. The number of ether oxygens (including phenoxy) is 2. The Kier molecular flexibility index (Phi) is 7.78. The van der Waals surface area contributed by atoms with Crippen molar-refractivity contribution in [2.24, 2.45) is 0 Å². The van der Waals surface area contributed by atoms with E-state index in [2.05, 4.69) is 9.47 Å². The second-order valence-electron chi connectivity index (χ2n) is 5.67. The topological polar surface area (TPSA) is 47.6 Å². The van der Waals surface area contributed by atoms with Crippen molar-refractivity contribution in [3.05, 3.63) is 36.1 Å². The van der Waals surface area contributed by atoms with E-state index in [0.717, 1.165) is 18.2 Å². The van der Waals surface area contributed by atoms with Gasteiger partial charge in [-0.1, -0.05) is 19.1 Å². The van der Waals surface area contributed by atoms with Crippen LogP contribution in [0.1, 0.15) is 13.3 Å². The van der Waals surface area contributed by atoms with Crippen molar-refractivity contribution in [1.29, 1.82) is 0 Å². The highest BCUT2D eigenvalue weighted by molar-refractivity contribution is 5.86.